The van der Waals surface area contributed by atoms with Crippen LogP contribution in [0, 0.1) is 0 Å². The molecule has 0 aliphatic heterocycles. The van der Waals surface area contributed by atoms with Crippen molar-refractivity contribution >= 4 is 28.4 Å². The maximum Gasteiger partial charge on any atom is 0.435 e. The minimum Gasteiger partial charge on any atom is -0.497 e. The van der Waals surface area contributed by atoms with Gasteiger partial charge in [-0.3, -0.25) is 9.48 Å². The van der Waals surface area contributed by atoms with Crippen LogP contribution in [0.5, 0.6) is 5.75 Å². The zero-order valence-electron chi connectivity index (χ0n) is 13.8. The van der Waals surface area contributed by atoms with Crippen LogP contribution in [0.25, 0.3) is 5.83 Å². The molecule has 0 spiro atoms. The van der Waals surface area contributed by atoms with E-state index in [2.05, 4.69) is 16.8 Å². The Balaban J connectivity index is 2.67. The first kappa shape index (κ1) is 20.4. The van der Waals surface area contributed by atoms with Gasteiger partial charge in [-0.05, 0) is 17.7 Å². The van der Waals surface area contributed by atoms with Gasteiger partial charge in [0, 0.05) is 0 Å². The van der Waals surface area contributed by atoms with Gasteiger partial charge in [-0.25, -0.2) is 4.39 Å². The van der Waals surface area contributed by atoms with Crippen LogP contribution < -0.4 is 10.6 Å². The molecule has 0 bridgehead atoms. The lowest BCUT2D eigenvalue weighted by Gasteiger charge is -2.08. The Hall–Kier alpha value is -2.88. The van der Waals surface area contributed by atoms with Gasteiger partial charge in [0.1, 0.15) is 17.3 Å². The van der Waals surface area contributed by atoms with Gasteiger partial charge in [0.15, 0.2) is 10.9 Å². The van der Waals surface area contributed by atoms with Gasteiger partial charge in [0.05, 0.1) is 19.2 Å². The first-order chi connectivity index (χ1) is 12.6. The highest BCUT2D eigenvalue weighted by Crippen LogP contribution is 2.37. The summed E-state index contributed by atoms with van der Waals surface area (Å²) < 4.78 is 59.4. The molecule has 0 amide bonds. The van der Waals surface area contributed by atoms with Crippen LogP contribution in [-0.2, 0) is 12.7 Å². The van der Waals surface area contributed by atoms with E-state index < -0.39 is 39.9 Å². The minimum atomic E-state index is -5.03. The molecule has 0 radical (unpaired) electrons. The summed E-state index contributed by atoms with van der Waals surface area (Å²) in [6, 6.07) is 6.22. The quantitative estimate of drug-likeness (QED) is 0.262. The van der Waals surface area contributed by atoms with Crippen LogP contribution in [0.2, 0.25) is 0 Å². The predicted molar refractivity (Wildman–Crippen MR) is 91.3 cm³/mol. The molecule has 0 saturated carbocycles. The van der Waals surface area contributed by atoms with Crippen LogP contribution in [0.3, 0.4) is 0 Å². The number of ketones is 1. The molecular formula is C16H13ClF4N4O2. The summed E-state index contributed by atoms with van der Waals surface area (Å²) >= 11 is 5.55. The zero-order valence-corrected chi connectivity index (χ0v) is 14.6. The molecule has 0 saturated heterocycles. The fraction of sp³-hybridized carbons (Fsp3) is 0.188. The van der Waals surface area contributed by atoms with Gasteiger partial charge in [-0.2, -0.15) is 23.4 Å². The van der Waals surface area contributed by atoms with Gasteiger partial charge < -0.3 is 10.6 Å². The van der Waals surface area contributed by atoms with E-state index in [1.807, 2.05) is 0 Å². The first-order valence-electron chi connectivity index (χ1n) is 7.24. The highest BCUT2D eigenvalue weighted by atomic mass is 35.5. The molecule has 2 N–H and O–H groups in total. The number of Topliss-reactive ketones (excluding diaryl/α,β-unsaturated/α-hetero) is 1. The zero-order chi connectivity index (χ0) is 20.4. The average Bonchev–Trinajstić information content (AvgIpc) is 3.00. The Morgan fingerprint density at radius 3 is 2.41 bits per heavy atom. The fourth-order valence-electron chi connectivity index (χ4n) is 2.32. The second kappa shape index (κ2) is 7.78. The van der Waals surface area contributed by atoms with E-state index in [0.717, 1.165) is 0 Å². The molecule has 2 rings (SSSR count). The third-order valence-electron chi connectivity index (χ3n) is 3.50. The van der Waals surface area contributed by atoms with Crippen molar-refractivity contribution in [3.63, 3.8) is 0 Å². The summed E-state index contributed by atoms with van der Waals surface area (Å²) in [6.07, 6.45) is -5.03. The van der Waals surface area contributed by atoms with Crippen LogP contribution in [-0.4, -0.2) is 27.8 Å². The van der Waals surface area contributed by atoms with Crippen molar-refractivity contribution < 1.29 is 27.1 Å². The number of hydrogen-bond acceptors (Lipinski definition) is 5. The highest BCUT2D eigenvalue weighted by molar-refractivity contribution is 6.84. The van der Waals surface area contributed by atoms with Crippen LogP contribution in [0.1, 0.15) is 27.3 Å². The van der Waals surface area contributed by atoms with Gasteiger partial charge in [-0.1, -0.05) is 30.3 Å². The number of ether oxygens (including phenoxy) is 1. The predicted octanol–water partition coefficient (Wildman–Crippen LogP) is 3.59. The summed E-state index contributed by atoms with van der Waals surface area (Å²) in [5.74, 6) is 2.72. The maximum absolute atomic E-state index is 13.8. The number of rotatable bonds is 6. The number of hydrogen-bond donors (Lipinski definition) is 1. The molecular weight excluding hydrogens is 392 g/mol. The van der Waals surface area contributed by atoms with Crippen molar-refractivity contribution in [2.24, 2.45) is 10.9 Å². The molecule has 1 aromatic carbocycles. The fourth-order valence-corrected chi connectivity index (χ4v) is 2.41. The number of nitrogens with zero attached hydrogens (tertiary/aromatic N) is 3. The Morgan fingerprint density at radius 1 is 1.37 bits per heavy atom. The van der Waals surface area contributed by atoms with E-state index in [1.165, 1.54) is 7.11 Å². The molecule has 0 unspecified atom stereocenters. The van der Waals surface area contributed by atoms with Crippen molar-refractivity contribution in [1.82, 2.24) is 9.78 Å². The molecule has 1 aromatic heterocycles. The van der Waals surface area contributed by atoms with Crippen LogP contribution in [0.15, 0.2) is 35.9 Å². The number of nitrogens with two attached hydrogens (primary N) is 1. The summed E-state index contributed by atoms with van der Waals surface area (Å²) in [7, 11) is 1.45. The third-order valence-corrected chi connectivity index (χ3v) is 3.77. The normalized spacial score (nSPS) is 12.1. The lowest BCUT2D eigenvalue weighted by molar-refractivity contribution is -0.141. The Kier molecular flexibility index (Phi) is 5.89. The van der Waals surface area contributed by atoms with Crippen molar-refractivity contribution in [3.8, 4) is 5.75 Å². The number of aromatic nitrogens is 2. The van der Waals surface area contributed by atoms with Crippen LogP contribution >= 0.6 is 11.6 Å². The largest absolute Gasteiger partial charge is 0.497 e. The molecule has 144 valence electrons. The number of benzene rings is 1. The summed E-state index contributed by atoms with van der Waals surface area (Å²) in [5.41, 5.74) is -3.00. The number of alkyl halides is 3. The third kappa shape index (κ3) is 4.27. The molecule has 0 atom stereocenters. The molecule has 11 heteroatoms. The van der Waals surface area contributed by atoms with Gasteiger partial charge in [-0.15, -0.1) is 0 Å². The summed E-state index contributed by atoms with van der Waals surface area (Å²) in [6.45, 7) is 2.59. The second-order valence-electron chi connectivity index (χ2n) is 5.23. The Labute approximate surface area is 155 Å². The number of halogens is 5. The summed E-state index contributed by atoms with van der Waals surface area (Å²) in [5, 5.41) is 5.48. The van der Waals surface area contributed by atoms with Gasteiger partial charge >= 0.3 is 6.18 Å². The molecule has 27 heavy (non-hydrogen) atoms. The average molecular weight is 405 g/mol. The standard InChI is InChI=1S/C16H13ClF4N4O2/c1-8(18)11-12(13(26)15(17)23-22)25(24-14(11)16(19,20)21)7-9-3-5-10(27-2)6-4-9/h3-6H,1,7,22H2,2H3. The van der Waals surface area contributed by atoms with E-state index in [-0.39, 0.29) is 6.54 Å². The van der Waals surface area contributed by atoms with Crippen LogP contribution in [0.4, 0.5) is 17.6 Å². The monoisotopic (exact) mass is 404 g/mol. The Morgan fingerprint density at radius 2 is 1.96 bits per heavy atom. The maximum atomic E-state index is 13.8. The van der Waals surface area contributed by atoms with E-state index >= 15 is 0 Å². The number of carbonyl (C=O) groups excluding carboxylic acids is 1. The minimum absolute atomic E-state index is 0.282. The van der Waals surface area contributed by atoms with E-state index in [1.54, 1.807) is 24.3 Å². The smallest absolute Gasteiger partial charge is 0.435 e. The van der Waals surface area contributed by atoms with Crippen molar-refractivity contribution in [2.45, 2.75) is 12.7 Å². The lowest BCUT2D eigenvalue weighted by Crippen LogP contribution is -2.18. The van der Waals surface area contributed by atoms with Gasteiger partial charge in [0.2, 0.25) is 5.78 Å². The lowest BCUT2D eigenvalue weighted by atomic mass is 10.1. The van der Waals surface area contributed by atoms with E-state index in [9.17, 15) is 22.4 Å². The van der Waals surface area contributed by atoms with Crippen molar-refractivity contribution in [3.05, 3.63) is 53.4 Å². The molecule has 0 aliphatic carbocycles. The Bertz CT molecular complexity index is 904. The molecule has 0 aliphatic rings. The van der Waals surface area contributed by atoms with Gasteiger partial charge in [0.25, 0.3) is 0 Å². The number of methoxy groups -OCH3 is 1. The number of carbonyl (C=O) groups is 1. The van der Waals surface area contributed by atoms with E-state index in [0.29, 0.717) is 16.0 Å². The molecule has 1 heterocycles. The van der Waals surface area contributed by atoms with Crippen molar-refractivity contribution in [1.29, 1.82) is 0 Å². The number of hydrazone groups is 1. The highest BCUT2D eigenvalue weighted by Gasteiger charge is 2.42. The van der Waals surface area contributed by atoms with E-state index in [4.69, 9.17) is 22.2 Å². The molecule has 6 nitrogen and oxygen atoms in total. The molecule has 0 fully saturated rings. The molecule has 2 aromatic rings. The topological polar surface area (TPSA) is 82.5 Å². The summed E-state index contributed by atoms with van der Waals surface area (Å²) in [4.78, 5) is 12.4. The van der Waals surface area contributed by atoms with Crippen molar-refractivity contribution in [2.75, 3.05) is 7.11 Å². The second-order valence-corrected chi connectivity index (χ2v) is 5.59. The first-order valence-corrected chi connectivity index (χ1v) is 7.61. The SMILES string of the molecule is C=C(F)c1c(C(F)(F)F)nn(Cc2ccc(OC)cc2)c1C(=O)C(Cl)=NN.